The molecule has 3 N–H and O–H groups in total. The molecule has 10 heteroatoms. The number of anilines is 2. The summed E-state index contributed by atoms with van der Waals surface area (Å²) < 4.78 is 7.08. The molecule has 0 atom stereocenters. The Morgan fingerprint density at radius 3 is 2.79 bits per heavy atom. The number of fused-ring (bicyclic) bond motifs is 1. The number of hydrogen-bond acceptors (Lipinski definition) is 7. The molecule has 4 aromatic rings. The molecule has 0 spiro atoms. The number of hydrogen-bond donors (Lipinski definition) is 3. The maximum atomic E-state index is 12.0. The van der Waals surface area contributed by atoms with Crippen molar-refractivity contribution in [2.24, 2.45) is 0 Å². The molecule has 0 aliphatic rings. The summed E-state index contributed by atoms with van der Waals surface area (Å²) >= 11 is 0. The Kier molecular flexibility index (Phi) is 4.65. The Balaban J connectivity index is 1.56. The van der Waals surface area contributed by atoms with Gasteiger partial charge in [0.05, 0.1) is 0 Å². The van der Waals surface area contributed by atoms with E-state index in [1.807, 2.05) is 6.07 Å². The molecule has 0 bridgehead atoms. The van der Waals surface area contributed by atoms with Gasteiger partial charge < -0.3 is 15.4 Å². The molecule has 3 heterocycles. The number of aromatic amines is 1. The van der Waals surface area contributed by atoms with Crippen molar-refractivity contribution in [1.29, 1.82) is 0 Å². The van der Waals surface area contributed by atoms with Crippen LogP contribution in [0.2, 0.25) is 0 Å². The summed E-state index contributed by atoms with van der Waals surface area (Å²) in [4.78, 5) is 36.2. The lowest BCUT2D eigenvalue weighted by Crippen LogP contribution is -2.18. The Bertz CT molecular complexity index is 1260. The lowest BCUT2D eigenvalue weighted by molar-refractivity contribution is 0.0958. The van der Waals surface area contributed by atoms with Gasteiger partial charge >= 0.3 is 0 Å². The van der Waals surface area contributed by atoms with Crippen LogP contribution in [-0.2, 0) is 0 Å². The lowest BCUT2D eigenvalue weighted by atomic mass is 10.3. The first-order valence-corrected chi connectivity index (χ1v) is 8.71. The van der Waals surface area contributed by atoms with E-state index in [1.165, 1.54) is 23.8 Å². The van der Waals surface area contributed by atoms with Gasteiger partial charge in [0.25, 0.3) is 17.2 Å². The summed E-state index contributed by atoms with van der Waals surface area (Å²) in [5, 5.41) is 8.46. The van der Waals surface area contributed by atoms with Gasteiger partial charge in [0.2, 0.25) is 5.95 Å². The van der Waals surface area contributed by atoms with Crippen LogP contribution in [0.4, 0.5) is 11.6 Å². The number of pyridine rings is 1. The van der Waals surface area contributed by atoms with E-state index in [1.54, 1.807) is 37.3 Å². The molecule has 0 saturated carbocycles. The van der Waals surface area contributed by atoms with Gasteiger partial charge in [-0.3, -0.25) is 19.7 Å². The number of rotatable bonds is 5. The third-order valence-electron chi connectivity index (χ3n) is 3.98. The van der Waals surface area contributed by atoms with E-state index in [-0.39, 0.29) is 22.9 Å². The molecule has 10 nitrogen and oxygen atoms in total. The molecule has 0 aliphatic carbocycles. The highest BCUT2D eigenvalue weighted by molar-refractivity contribution is 5.92. The van der Waals surface area contributed by atoms with Crippen molar-refractivity contribution >= 4 is 23.3 Å². The molecule has 0 aliphatic heterocycles. The van der Waals surface area contributed by atoms with Crippen LogP contribution < -0.4 is 20.9 Å². The van der Waals surface area contributed by atoms with E-state index >= 15 is 0 Å². The van der Waals surface area contributed by atoms with Crippen LogP contribution in [0.25, 0.3) is 5.78 Å². The fraction of sp³-hybridized carbons (Fsp3) is 0.105. The van der Waals surface area contributed by atoms with Gasteiger partial charge in [0.1, 0.15) is 17.2 Å². The van der Waals surface area contributed by atoms with Crippen molar-refractivity contribution < 1.29 is 9.53 Å². The number of benzene rings is 1. The Morgan fingerprint density at radius 2 is 1.97 bits per heavy atom. The standard InChI is InChI=1S/C19H17N7O3/c1-11-8-16(27)26-19(22-11)24-18(25-26)23-12-4-3-5-13(9-12)29-14-6-7-21-15(10-14)17(28)20-2/h3-10H,1-2H3,(H,20,28)(H2,22,23,24,25). The predicted molar refractivity (Wildman–Crippen MR) is 106 cm³/mol. The van der Waals surface area contributed by atoms with Gasteiger partial charge in [-0.1, -0.05) is 6.07 Å². The number of H-pyrrole nitrogens is 1. The summed E-state index contributed by atoms with van der Waals surface area (Å²) in [6.45, 7) is 1.73. The summed E-state index contributed by atoms with van der Waals surface area (Å²) in [7, 11) is 1.54. The normalized spacial score (nSPS) is 10.7. The predicted octanol–water partition coefficient (Wildman–Crippen LogP) is 2.02. The minimum Gasteiger partial charge on any atom is -0.457 e. The van der Waals surface area contributed by atoms with E-state index in [0.717, 1.165) is 0 Å². The molecule has 1 aromatic carbocycles. The van der Waals surface area contributed by atoms with Crippen LogP contribution in [0.3, 0.4) is 0 Å². The average molecular weight is 391 g/mol. The first-order chi connectivity index (χ1) is 14.0. The van der Waals surface area contributed by atoms with E-state index in [0.29, 0.717) is 28.8 Å². The topological polar surface area (TPSA) is 126 Å². The molecule has 146 valence electrons. The van der Waals surface area contributed by atoms with E-state index in [9.17, 15) is 9.59 Å². The van der Waals surface area contributed by atoms with Crippen molar-refractivity contribution in [1.82, 2.24) is 29.9 Å². The lowest BCUT2D eigenvalue weighted by Gasteiger charge is -2.09. The molecule has 0 fully saturated rings. The fourth-order valence-corrected chi connectivity index (χ4v) is 2.69. The number of nitrogens with zero attached hydrogens (tertiary/aromatic N) is 4. The Hall–Kier alpha value is -4.21. The minimum absolute atomic E-state index is 0.241. The van der Waals surface area contributed by atoms with Crippen LogP contribution in [0.1, 0.15) is 16.2 Å². The van der Waals surface area contributed by atoms with Gasteiger partial charge in [-0.2, -0.15) is 9.50 Å². The van der Waals surface area contributed by atoms with Gasteiger partial charge in [-0.25, -0.2) is 4.98 Å². The second-order valence-corrected chi connectivity index (χ2v) is 6.15. The van der Waals surface area contributed by atoms with Crippen LogP contribution in [0.15, 0.2) is 53.5 Å². The van der Waals surface area contributed by atoms with Gasteiger partial charge in [-0.15, -0.1) is 0 Å². The number of carbonyl (C=O) groups excluding carboxylic acids is 1. The maximum Gasteiger partial charge on any atom is 0.274 e. The highest BCUT2D eigenvalue weighted by Crippen LogP contribution is 2.25. The molecule has 4 rings (SSSR count). The maximum absolute atomic E-state index is 12.0. The van der Waals surface area contributed by atoms with Crippen LogP contribution >= 0.6 is 0 Å². The third kappa shape index (κ3) is 3.90. The molecular weight excluding hydrogens is 374 g/mol. The second kappa shape index (κ2) is 7.43. The summed E-state index contributed by atoms with van der Waals surface area (Å²) in [5.41, 5.74) is 1.30. The molecular formula is C19H17N7O3. The molecule has 0 unspecified atom stereocenters. The van der Waals surface area contributed by atoms with Crippen molar-refractivity contribution in [2.45, 2.75) is 6.92 Å². The molecule has 1 amide bonds. The van der Waals surface area contributed by atoms with Gasteiger partial charge in [-0.05, 0) is 25.1 Å². The Labute approximate surface area is 164 Å². The fourth-order valence-electron chi connectivity index (χ4n) is 2.69. The van der Waals surface area contributed by atoms with Crippen LogP contribution in [0.5, 0.6) is 11.5 Å². The number of nitrogens with one attached hydrogen (secondary N) is 3. The van der Waals surface area contributed by atoms with Crippen LogP contribution in [0, 0.1) is 6.92 Å². The molecule has 0 saturated heterocycles. The summed E-state index contributed by atoms with van der Waals surface area (Å²) in [5.74, 6) is 1.37. The summed E-state index contributed by atoms with van der Waals surface area (Å²) in [6, 6.07) is 11.8. The SMILES string of the molecule is CNC(=O)c1cc(Oc2cccc(Nc3nc4nc(C)cc(=O)n4[nH]3)c2)ccn1. The average Bonchev–Trinajstić information content (AvgIpc) is 3.10. The second-order valence-electron chi connectivity index (χ2n) is 6.15. The van der Waals surface area contributed by atoms with E-state index < -0.39 is 0 Å². The smallest absolute Gasteiger partial charge is 0.274 e. The number of aromatic nitrogens is 5. The summed E-state index contributed by atoms with van der Waals surface area (Å²) in [6.07, 6.45) is 1.50. The number of carbonyl (C=O) groups is 1. The van der Waals surface area contributed by atoms with Crippen molar-refractivity contribution in [2.75, 3.05) is 12.4 Å². The molecule has 29 heavy (non-hydrogen) atoms. The quantitative estimate of drug-likeness (QED) is 0.475. The first-order valence-electron chi connectivity index (χ1n) is 8.71. The number of ether oxygens (including phenoxy) is 1. The zero-order valence-corrected chi connectivity index (χ0v) is 15.6. The first kappa shape index (κ1) is 18.2. The largest absolute Gasteiger partial charge is 0.457 e. The highest BCUT2D eigenvalue weighted by Gasteiger charge is 2.09. The molecule has 0 radical (unpaired) electrons. The monoisotopic (exact) mass is 391 g/mol. The van der Waals surface area contributed by atoms with E-state index in [2.05, 4.69) is 30.7 Å². The minimum atomic E-state index is -0.296. The highest BCUT2D eigenvalue weighted by atomic mass is 16.5. The van der Waals surface area contributed by atoms with Crippen molar-refractivity contribution in [3.8, 4) is 11.5 Å². The third-order valence-corrected chi connectivity index (χ3v) is 3.98. The van der Waals surface area contributed by atoms with Gasteiger partial charge in [0, 0.05) is 42.8 Å². The van der Waals surface area contributed by atoms with Gasteiger partial charge in [0.15, 0.2) is 0 Å². The molecule has 3 aromatic heterocycles. The number of aryl methyl sites for hydroxylation is 1. The van der Waals surface area contributed by atoms with Crippen molar-refractivity contribution in [3.63, 3.8) is 0 Å². The number of amides is 1. The zero-order valence-electron chi connectivity index (χ0n) is 15.6. The van der Waals surface area contributed by atoms with Crippen LogP contribution in [-0.4, -0.2) is 37.5 Å². The zero-order chi connectivity index (χ0) is 20.4. The van der Waals surface area contributed by atoms with Crippen molar-refractivity contribution in [3.05, 3.63) is 70.4 Å². The Morgan fingerprint density at radius 1 is 1.14 bits per heavy atom. The van der Waals surface area contributed by atoms with E-state index in [4.69, 9.17) is 4.74 Å².